The van der Waals surface area contributed by atoms with Gasteiger partial charge >= 0.3 is 0 Å². The number of carbonyl (C=O) groups excluding carboxylic acids is 1. The van der Waals surface area contributed by atoms with Crippen LogP contribution in [0.3, 0.4) is 0 Å². The van der Waals surface area contributed by atoms with Crippen LogP contribution in [-0.2, 0) is 0 Å². The van der Waals surface area contributed by atoms with Crippen LogP contribution in [0, 0.1) is 0 Å². The second-order valence-electron chi connectivity index (χ2n) is 5.75. The van der Waals surface area contributed by atoms with Crippen molar-refractivity contribution < 1.29 is 13.9 Å². The van der Waals surface area contributed by atoms with Crippen molar-refractivity contribution in [2.24, 2.45) is 0 Å². The molecular formula is C21H16N2O3. The first-order chi connectivity index (χ1) is 12.7. The van der Waals surface area contributed by atoms with Gasteiger partial charge in [0, 0.05) is 16.8 Å². The lowest BCUT2D eigenvalue weighted by Crippen LogP contribution is -2.11. The van der Waals surface area contributed by atoms with Crippen molar-refractivity contribution in [3.63, 3.8) is 0 Å². The van der Waals surface area contributed by atoms with Gasteiger partial charge in [-0.25, -0.2) is 4.98 Å². The first kappa shape index (κ1) is 15.9. The summed E-state index contributed by atoms with van der Waals surface area (Å²) in [6.07, 6.45) is 0. The summed E-state index contributed by atoms with van der Waals surface area (Å²) in [5.74, 6) is 1.08. The van der Waals surface area contributed by atoms with Gasteiger partial charge in [0.05, 0.1) is 7.11 Å². The maximum atomic E-state index is 12.3. The Morgan fingerprint density at radius 3 is 2.65 bits per heavy atom. The number of oxazole rings is 1. The summed E-state index contributed by atoms with van der Waals surface area (Å²) in [6.45, 7) is 0. The molecule has 1 amide bonds. The molecule has 4 aromatic rings. The molecule has 0 fully saturated rings. The highest BCUT2D eigenvalue weighted by Crippen LogP contribution is 2.28. The third-order valence-corrected chi connectivity index (χ3v) is 4.00. The van der Waals surface area contributed by atoms with Crippen LogP contribution in [0.15, 0.2) is 77.2 Å². The summed E-state index contributed by atoms with van der Waals surface area (Å²) < 4.78 is 11.1. The van der Waals surface area contributed by atoms with E-state index in [9.17, 15) is 4.79 Å². The van der Waals surface area contributed by atoms with Crippen molar-refractivity contribution in [3.8, 4) is 17.2 Å². The molecule has 5 nitrogen and oxygen atoms in total. The Bertz CT molecular complexity index is 1070. The Morgan fingerprint density at radius 1 is 1.00 bits per heavy atom. The topological polar surface area (TPSA) is 64.4 Å². The number of methoxy groups -OCH3 is 1. The smallest absolute Gasteiger partial charge is 0.255 e. The fourth-order valence-electron chi connectivity index (χ4n) is 2.68. The minimum Gasteiger partial charge on any atom is -0.497 e. The van der Waals surface area contributed by atoms with E-state index in [1.165, 1.54) is 0 Å². The number of benzene rings is 3. The summed E-state index contributed by atoms with van der Waals surface area (Å²) in [4.78, 5) is 16.8. The Balaban J connectivity index is 1.62. The molecule has 0 aliphatic rings. The average Bonchev–Trinajstić information content (AvgIpc) is 3.12. The number of ether oxygens (including phenoxy) is 1. The molecule has 0 bridgehead atoms. The van der Waals surface area contributed by atoms with E-state index in [1.807, 2.05) is 42.5 Å². The van der Waals surface area contributed by atoms with Crippen molar-refractivity contribution >= 4 is 22.7 Å². The number of anilines is 1. The fourth-order valence-corrected chi connectivity index (χ4v) is 2.68. The number of hydrogen-bond donors (Lipinski definition) is 1. The van der Waals surface area contributed by atoms with Crippen molar-refractivity contribution in [2.45, 2.75) is 0 Å². The lowest BCUT2D eigenvalue weighted by atomic mass is 10.2. The summed E-state index contributed by atoms with van der Waals surface area (Å²) in [5.41, 5.74) is 3.42. The Kier molecular flexibility index (Phi) is 4.11. The van der Waals surface area contributed by atoms with E-state index in [-0.39, 0.29) is 5.91 Å². The first-order valence-electron chi connectivity index (χ1n) is 8.14. The molecule has 0 aliphatic carbocycles. The van der Waals surface area contributed by atoms with Gasteiger partial charge in [0.25, 0.3) is 5.91 Å². The molecule has 0 atom stereocenters. The van der Waals surface area contributed by atoms with Crippen LogP contribution >= 0.6 is 0 Å². The van der Waals surface area contributed by atoms with Crippen LogP contribution in [0.2, 0.25) is 0 Å². The zero-order chi connectivity index (χ0) is 17.9. The summed E-state index contributed by atoms with van der Waals surface area (Å²) in [7, 11) is 1.62. The minimum absolute atomic E-state index is 0.165. The molecular weight excluding hydrogens is 328 g/mol. The molecule has 0 saturated heterocycles. The number of rotatable bonds is 4. The van der Waals surface area contributed by atoms with Crippen molar-refractivity contribution in [2.75, 3.05) is 12.4 Å². The van der Waals surface area contributed by atoms with Gasteiger partial charge < -0.3 is 14.5 Å². The van der Waals surface area contributed by atoms with Crippen molar-refractivity contribution in [3.05, 3.63) is 78.4 Å². The molecule has 5 heteroatoms. The van der Waals surface area contributed by atoms with Gasteiger partial charge in [-0.3, -0.25) is 4.79 Å². The lowest BCUT2D eigenvalue weighted by molar-refractivity contribution is 0.102. The summed E-state index contributed by atoms with van der Waals surface area (Å²) in [5, 5.41) is 2.88. The molecule has 1 N–H and O–H groups in total. The number of aromatic nitrogens is 1. The fraction of sp³-hybridized carbons (Fsp3) is 0.0476. The lowest BCUT2D eigenvalue weighted by Gasteiger charge is -2.04. The molecule has 1 aromatic heterocycles. The highest BCUT2D eigenvalue weighted by atomic mass is 16.5. The molecule has 0 aliphatic heterocycles. The van der Waals surface area contributed by atoms with E-state index in [0.717, 1.165) is 11.3 Å². The molecule has 26 heavy (non-hydrogen) atoms. The quantitative estimate of drug-likeness (QED) is 0.580. The number of hydrogen-bond acceptors (Lipinski definition) is 4. The van der Waals surface area contributed by atoms with Crippen LogP contribution in [0.25, 0.3) is 22.6 Å². The number of fused-ring (bicyclic) bond motifs is 1. The van der Waals surface area contributed by atoms with Gasteiger partial charge in [0.15, 0.2) is 5.58 Å². The Hall–Kier alpha value is -3.60. The summed E-state index contributed by atoms with van der Waals surface area (Å²) >= 11 is 0. The zero-order valence-corrected chi connectivity index (χ0v) is 14.1. The van der Waals surface area contributed by atoms with E-state index < -0.39 is 0 Å². The maximum Gasteiger partial charge on any atom is 0.255 e. The van der Waals surface area contributed by atoms with Crippen molar-refractivity contribution in [1.29, 1.82) is 0 Å². The van der Waals surface area contributed by atoms with Crippen LogP contribution < -0.4 is 10.1 Å². The van der Waals surface area contributed by atoms with Gasteiger partial charge in [0.2, 0.25) is 5.89 Å². The summed E-state index contributed by atoms with van der Waals surface area (Å²) in [6, 6.07) is 22.0. The van der Waals surface area contributed by atoms with E-state index in [0.29, 0.717) is 28.2 Å². The third-order valence-electron chi connectivity index (χ3n) is 4.00. The molecule has 0 unspecified atom stereocenters. The maximum absolute atomic E-state index is 12.3. The highest BCUT2D eigenvalue weighted by molar-refractivity contribution is 6.04. The number of amides is 1. The number of nitrogens with one attached hydrogen (secondary N) is 1. The normalized spacial score (nSPS) is 10.7. The molecule has 4 rings (SSSR count). The molecule has 128 valence electrons. The Morgan fingerprint density at radius 2 is 1.85 bits per heavy atom. The second kappa shape index (κ2) is 6.72. The molecule has 0 saturated carbocycles. The molecule has 1 heterocycles. The predicted molar refractivity (Wildman–Crippen MR) is 100 cm³/mol. The van der Waals surface area contributed by atoms with Crippen LogP contribution in [0.4, 0.5) is 5.69 Å². The van der Waals surface area contributed by atoms with E-state index in [1.54, 1.807) is 37.4 Å². The first-order valence-corrected chi connectivity index (χ1v) is 8.14. The minimum atomic E-state index is -0.165. The predicted octanol–water partition coefficient (Wildman–Crippen LogP) is 4.76. The SMILES string of the molecule is COc1cccc(-c2nc3cc(NC(=O)c4ccccc4)ccc3o2)c1. The van der Waals surface area contributed by atoms with Gasteiger partial charge in [-0.2, -0.15) is 0 Å². The third kappa shape index (κ3) is 3.15. The standard InChI is InChI=1S/C21H16N2O3/c1-25-17-9-5-8-15(12-17)21-23-18-13-16(10-11-19(18)26-21)22-20(24)14-6-3-2-4-7-14/h2-13H,1H3,(H,22,24). The Labute approximate surface area is 150 Å². The highest BCUT2D eigenvalue weighted by Gasteiger charge is 2.11. The van der Waals surface area contributed by atoms with Crippen LogP contribution in [0.1, 0.15) is 10.4 Å². The van der Waals surface area contributed by atoms with Gasteiger partial charge in [-0.15, -0.1) is 0 Å². The number of nitrogens with zero attached hydrogens (tertiary/aromatic N) is 1. The van der Waals surface area contributed by atoms with E-state index in [2.05, 4.69) is 10.3 Å². The average molecular weight is 344 g/mol. The molecule has 3 aromatic carbocycles. The molecule has 0 spiro atoms. The second-order valence-corrected chi connectivity index (χ2v) is 5.75. The van der Waals surface area contributed by atoms with E-state index in [4.69, 9.17) is 9.15 Å². The molecule has 0 radical (unpaired) electrons. The van der Waals surface area contributed by atoms with Gasteiger partial charge in [0.1, 0.15) is 11.3 Å². The number of carbonyl (C=O) groups is 1. The van der Waals surface area contributed by atoms with Gasteiger partial charge in [-0.05, 0) is 48.5 Å². The van der Waals surface area contributed by atoms with Gasteiger partial charge in [-0.1, -0.05) is 24.3 Å². The van der Waals surface area contributed by atoms with E-state index >= 15 is 0 Å². The van der Waals surface area contributed by atoms with Crippen molar-refractivity contribution in [1.82, 2.24) is 4.98 Å². The largest absolute Gasteiger partial charge is 0.497 e. The van der Waals surface area contributed by atoms with Crippen LogP contribution in [-0.4, -0.2) is 18.0 Å². The van der Waals surface area contributed by atoms with Crippen LogP contribution in [0.5, 0.6) is 5.75 Å². The zero-order valence-electron chi connectivity index (χ0n) is 14.1. The monoisotopic (exact) mass is 344 g/mol.